The summed E-state index contributed by atoms with van der Waals surface area (Å²) in [6.45, 7) is 5.47. The van der Waals surface area contributed by atoms with Gasteiger partial charge >= 0.3 is 0 Å². The lowest BCUT2D eigenvalue weighted by molar-refractivity contribution is 0.221. The predicted octanol–water partition coefficient (Wildman–Crippen LogP) is 4.31. The van der Waals surface area contributed by atoms with Crippen LogP contribution in [0.25, 0.3) is 0 Å². The van der Waals surface area contributed by atoms with Gasteiger partial charge in [0.1, 0.15) is 11.9 Å². The second-order valence-corrected chi connectivity index (χ2v) is 6.42. The molecular weight excluding hydrogens is 302 g/mol. The summed E-state index contributed by atoms with van der Waals surface area (Å²) in [4.78, 5) is 0. The molecule has 0 spiro atoms. The summed E-state index contributed by atoms with van der Waals surface area (Å²) in [6.07, 6.45) is 6.53. The molecule has 0 saturated heterocycles. The van der Waals surface area contributed by atoms with Crippen LogP contribution in [0.5, 0.6) is 5.75 Å². The zero-order valence-electron chi connectivity index (χ0n) is 11.9. The van der Waals surface area contributed by atoms with Crippen molar-refractivity contribution in [3.63, 3.8) is 0 Å². The third-order valence-corrected chi connectivity index (χ3v) is 4.19. The van der Waals surface area contributed by atoms with Crippen LogP contribution < -0.4 is 10.1 Å². The highest BCUT2D eigenvalue weighted by molar-refractivity contribution is 9.10. The number of nitrogens with one attached hydrogen (secondary N) is 1. The first-order valence-electron chi connectivity index (χ1n) is 7.37. The summed E-state index contributed by atoms with van der Waals surface area (Å²) in [5.74, 6) is 1.05. The second-order valence-electron chi connectivity index (χ2n) is 5.50. The number of unbranched alkanes of at least 4 members (excludes halogenated alkanes) is 2. The highest BCUT2D eigenvalue weighted by Crippen LogP contribution is 2.30. The molecule has 1 N–H and O–H groups in total. The van der Waals surface area contributed by atoms with Gasteiger partial charge in [-0.2, -0.15) is 0 Å². The Morgan fingerprint density at radius 2 is 2.26 bits per heavy atom. The van der Waals surface area contributed by atoms with Crippen molar-refractivity contribution >= 4 is 15.9 Å². The van der Waals surface area contributed by atoms with E-state index >= 15 is 0 Å². The highest BCUT2D eigenvalue weighted by atomic mass is 79.9. The fourth-order valence-corrected chi connectivity index (χ4v) is 2.95. The first kappa shape index (κ1) is 14.9. The lowest BCUT2D eigenvalue weighted by Crippen LogP contribution is -2.35. The molecule has 0 aliphatic carbocycles. The number of ether oxygens (including phenoxy) is 1. The third-order valence-electron chi connectivity index (χ3n) is 3.70. The molecule has 1 aliphatic heterocycles. The Morgan fingerprint density at radius 3 is 3.05 bits per heavy atom. The van der Waals surface area contributed by atoms with Crippen molar-refractivity contribution in [3.8, 4) is 5.75 Å². The highest BCUT2D eigenvalue weighted by Gasteiger charge is 2.22. The fraction of sp³-hybridized carbons (Fsp3) is 0.625. The fourth-order valence-electron chi connectivity index (χ4n) is 2.54. The van der Waals surface area contributed by atoms with Gasteiger partial charge in [0.15, 0.2) is 0 Å². The van der Waals surface area contributed by atoms with Gasteiger partial charge in [-0.3, -0.25) is 0 Å². The topological polar surface area (TPSA) is 21.3 Å². The van der Waals surface area contributed by atoms with E-state index < -0.39 is 0 Å². The minimum atomic E-state index is 0.290. The number of fused-ring (bicyclic) bond motifs is 1. The van der Waals surface area contributed by atoms with E-state index in [2.05, 4.69) is 47.2 Å². The summed E-state index contributed by atoms with van der Waals surface area (Å²) in [5.41, 5.74) is 1.32. The Labute approximate surface area is 125 Å². The minimum Gasteiger partial charge on any atom is -0.488 e. The van der Waals surface area contributed by atoms with Crippen LogP contribution in [0.1, 0.15) is 45.1 Å². The van der Waals surface area contributed by atoms with Gasteiger partial charge in [0.25, 0.3) is 0 Å². The first-order chi connectivity index (χ1) is 9.19. The Hall–Kier alpha value is -0.540. The molecule has 0 fully saturated rings. The molecule has 2 atom stereocenters. The average molecular weight is 326 g/mol. The van der Waals surface area contributed by atoms with E-state index in [1.807, 2.05) is 6.07 Å². The molecule has 1 aromatic carbocycles. The van der Waals surface area contributed by atoms with Crippen LogP contribution in [-0.2, 0) is 6.42 Å². The summed E-state index contributed by atoms with van der Waals surface area (Å²) < 4.78 is 7.09. The summed E-state index contributed by atoms with van der Waals surface area (Å²) in [6, 6.07) is 6.86. The van der Waals surface area contributed by atoms with E-state index in [-0.39, 0.29) is 6.10 Å². The monoisotopic (exact) mass is 325 g/mol. The van der Waals surface area contributed by atoms with Gasteiger partial charge in [-0.05, 0) is 37.1 Å². The largest absolute Gasteiger partial charge is 0.488 e. The molecule has 3 heteroatoms. The van der Waals surface area contributed by atoms with Crippen molar-refractivity contribution in [3.05, 3.63) is 28.2 Å². The van der Waals surface area contributed by atoms with Crippen LogP contribution in [0.15, 0.2) is 22.7 Å². The Kier molecular flexibility index (Phi) is 5.71. The number of benzene rings is 1. The van der Waals surface area contributed by atoms with Gasteiger partial charge in [0.2, 0.25) is 0 Å². The van der Waals surface area contributed by atoms with Crippen molar-refractivity contribution in [2.75, 3.05) is 6.54 Å². The smallest absolute Gasteiger partial charge is 0.123 e. The maximum atomic E-state index is 5.95. The molecule has 19 heavy (non-hydrogen) atoms. The minimum absolute atomic E-state index is 0.290. The molecule has 0 amide bonds. The Morgan fingerprint density at radius 1 is 1.42 bits per heavy atom. The zero-order valence-corrected chi connectivity index (χ0v) is 13.5. The summed E-state index contributed by atoms with van der Waals surface area (Å²) in [7, 11) is 0. The van der Waals surface area contributed by atoms with E-state index in [0.717, 1.165) is 23.2 Å². The van der Waals surface area contributed by atoms with Crippen LogP contribution >= 0.6 is 15.9 Å². The van der Waals surface area contributed by atoms with Gasteiger partial charge < -0.3 is 10.1 Å². The van der Waals surface area contributed by atoms with Crippen LogP contribution in [0.4, 0.5) is 0 Å². The van der Waals surface area contributed by atoms with Gasteiger partial charge in [0.05, 0.1) is 0 Å². The van der Waals surface area contributed by atoms with Crippen LogP contribution in [0, 0.1) is 0 Å². The molecular formula is C16H24BrNO. The molecule has 106 valence electrons. The van der Waals surface area contributed by atoms with E-state index in [4.69, 9.17) is 4.74 Å². The Bertz CT molecular complexity index is 408. The molecule has 2 nitrogen and oxygen atoms in total. The Balaban J connectivity index is 1.72. The third kappa shape index (κ3) is 4.50. The van der Waals surface area contributed by atoms with E-state index in [1.54, 1.807) is 0 Å². The molecule has 1 aromatic rings. The number of hydrogen-bond acceptors (Lipinski definition) is 2. The van der Waals surface area contributed by atoms with Crippen LogP contribution in [0.2, 0.25) is 0 Å². The zero-order chi connectivity index (χ0) is 13.7. The second kappa shape index (κ2) is 7.30. The number of rotatable bonds is 7. The van der Waals surface area contributed by atoms with Crippen molar-refractivity contribution in [1.82, 2.24) is 5.32 Å². The number of hydrogen-bond donors (Lipinski definition) is 1. The van der Waals surface area contributed by atoms with Crippen molar-refractivity contribution in [1.29, 1.82) is 0 Å². The normalized spacial score (nSPS) is 19.0. The molecule has 0 aromatic heterocycles. The van der Waals surface area contributed by atoms with E-state index in [1.165, 1.54) is 31.2 Å². The van der Waals surface area contributed by atoms with Crippen molar-refractivity contribution in [2.24, 2.45) is 0 Å². The lowest BCUT2D eigenvalue weighted by Gasteiger charge is -2.17. The maximum Gasteiger partial charge on any atom is 0.123 e. The van der Waals surface area contributed by atoms with Gasteiger partial charge in [-0.1, -0.05) is 42.1 Å². The summed E-state index contributed by atoms with van der Waals surface area (Å²) >= 11 is 3.51. The molecule has 1 heterocycles. The quantitative estimate of drug-likeness (QED) is 0.754. The molecule has 2 unspecified atom stereocenters. The average Bonchev–Trinajstić information content (AvgIpc) is 2.78. The first-order valence-corrected chi connectivity index (χ1v) is 8.16. The SMILES string of the molecule is CCCCCC(C)NCC1Cc2cc(Br)ccc2O1. The lowest BCUT2D eigenvalue weighted by atomic mass is 10.1. The molecule has 1 aliphatic rings. The van der Waals surface area contributed by atoms with Gasteiger partial charge in [0, 0.05) is 23.5 Å². The van der Waals surface area contributed by atoms with Crippen LogP contribution in [0.3, 0.4) is 0 Å². The molecule has 2 rings (SSSR count). The van der Waals surface area contributed by atoms with Crippen LogP contribution in [-0.4, -0.2) is 18.7 Å². The van der Waals surface area contributed by atoms with Crippen molar-refractivity contribution in [2.45, 2.75) is 58.1 Å². The van der Waals surface area contributed by atoms with Gasteiger partial charge in [-0.15, -0.1) is 0 Å². The van der Waals surface area contributed by atoms with Crippen molar-refractivity contribution < 1.29 is 4.74 Å². The van der Waals surface area contributed by atoms with Gasteiger partial charge in [-0.25, -0.2) is 0 Å². The summed E-state index contributed by atoms with van der Waals surface area (Å²) in [5, 5.41) is 3.60. The van der Waals surface area contributed by atoms with E-state index in [9.17, 15) is 0 Å². The predicted molar refractivity (Wildman–Crippen MR) is 83.9 cm³/mol. The molecule has 0 radical (unpaired) electrons. The standard InChI is InChI=1S/C16H24BrNO/c1-3-4-5-6-12(2)18-11-15-10-13-9-14(17)7-8-16(13)19-15/h7-9,12,15,18H,3-6,10-11H2,1-2H3. The number of halogens is 1. The molecule has 0 bridgehead atoms. The maximum absolute atomic E-state index is 5.95. The van der Waals surface area contributed by atoms with E-state index in [0.29, 0.717) is 6.04 Å². The molecule has 0 saturated carbocycles.